The topological polar surface area (TPSA) is 71.5 Å². The predicted octanol–water partition coefficient (Wildman–Crippen LogP) is 2.47. The Balaban J connectivity index is 1.68. The molecule has 122 valence electrons. The number of aromatic nitrogens is 1. The van der Waals surface area contributed by atoms with Crippen LogP contribution in [0.15, 0.2) is 35.7 Å². The van der Waals surface area contributed by atoms with Crippen LogP contribution < -0.4 is 5.32 Å². The number of aliphatic hydroxyl groups is 1. The van der Waals surface area contributed by atoms with Gasteiger partial charge in [-0.25, -0.2) is 4.98 Å². The fraction of sp³-hybridized carbons (Fsp3) is 0.412. The number of thiazole rings is 1. The highest BCUT2D eigenvalue weighted by molar-refractivity contribution is 7.13. The van der Waals surface area contributed by atoms with Gasteiger partial charge in [-0.1, -0.05) is 30.3 Å². The van der Waals surface area contributed by atoms with E-state index in [1.165, 1.54) is 11.3 Å². The molecule has 0 bridgehead atoms. The number of benzene rings is 1. The number of carbonyl (C=O) groups excluding carboxylic acids is 1. The van der Waals surface area contributed by atoms with Crippen LogP contribution in [0.1, 0.15) is 29.8 Å². The van der Waals surface area contributed by atoms with E-state index < -0.39 is 6.10 Å². The molecule has 1 heterocycles. The molecule has 3 rings (SSSR count). The van der Waals surface area contributed by atoms with Gasteiger partial charge >= 0.3 is 0 Å². The lowest BCUT2D eigenvalue weighted by atomic mass is 9.90. The Morgan fingerprint density at radius 3 is 2.87 bits per heavy atom. The third-order valence-electron chi connectivity index (χ3n) is 4.17. The molecule has 0 spiro atoms. The van der Waals surface area contributed by atoms with Crippen LogP contribution in [0.2, 0.25) is 0 Å². The Morgan fingerprint density at radius 1 is 1.35 bits per heavy atom. The third kappa shape index (κ3) is 3.60. The summed E-state index contributed by atoms with van der Waals surface area (Å²) >= 11 is 1.44. The van der Waals surface area contributed by atoms with Crippen LogP contribution in [0.3, 0.4) is 0 Å². The maximum atomic E-state index is 12.4. The molecular weight excluding hydrogens is 312 g/mol. The molecular formula is C17H20N2O3S. The summed E-state index contributed by atoms with van der Waals surface area (Å²) in [5.74, 6) is -0.246. The fourth-order valence-electron chi connectivity index (χ4n) is 2.89. The van der Waals surface area contributed by atoms with Crippen LogP contribution in [0.25, 0.3) is 10.6 Å². The van der Waals surface area contributed by atoms with E-state index in [1.807, 2.05) is 30.3 Å². The van der Waals surface area contributed by atoms with Crippen LogP contribution in [-0.4, -0.2) is 41.4 Å². The molecule has 2 N–H and O–H groups in total. The Kier molecular flexibility index (Phi) is 5.05. The number of carbonyl (C=O) groups is 1. The lowest BCUT2D eigenvalue weighted by molar-refractivity contribution is -0.0513. The second kappa shape index (κ2) is 7.21. The normalized spacial score (nSPS) is 24.3. The molecule has 23 heavy (non-hydrogen) atoms. The van der Waals surface area contributed by atoms with Crippen LogP contribution >= 0.6 is 11.3 Å². The van der Waals surface area contributed by atoms with Crippen molar-refractivity contribution in [2.24, 2.45) is 0 Å². The first-order valence-electron chi connectivity index (χ1n) is 7.71. The van der Waals surface area contributed by atoms with E-state index in [4.69, 9.17) is 4.74 Å². The van der Waals surface area contributed by atoms with Gasteiger partial charge in [-0.05, 0) is 19.3 Å². The van der Waals surface area contributed by atoms with Gasteiger partial charge in [-0.3, -0.25) is 4.79 Å². The van der Waals surface area contributed by atoms with Gasteiger partial charge in [-0.2, -0.15) is 0 Å². The minimum absolute atomic E-state index is 0.218. The molecule has 0 radical (unpaired) electrons. The summed E-state index contributed by atoms with van der Waals surface area (Å²) in [6, 6.07) is 9.48. The van der Waals surface area contributed by atoms with E-state index in [0.717, 1.165) is 29.8 Å². The summed E-state index contributed by atoms with van der Waals surface area (Å²) in [5, 5.41) is 15.7. The summed E-state index contributed by atoms with van der Waals surface area (Å²) in [4.78, 5) is 16.8. The number of aliphatic hydroxyl groups excluding tert-OH is 1. The quantitative estimate of drug-likeness (QED) is 0.902. The number of nitrogens with zero attached hydrogens (tertiary/aromatic N) is 1. The Hall–Kier alpha value is -1.76. The van der Waals surface area contributed by atoms with Gasteiger partial charge in [0.1, 0.15) is 16.8 Å². The van der Waals surface area contributed by atoms with Crippen molar-refractivity contribution in [2.45, 2.75) is 37.5 Å². The molecule has 5 nitrogen and oxygen atoms in total. The molecule has 0 unspecified atom stereocenters. The minimum atomic E-state index is -0.676. The van der Waals surface area contributed by atoms with E-state index in [2.05, 4.69) is 10.3 Å². The van der Waals surface area contributed by atoms with Crippen LogP contribution in [0.5, 0.6) is 0 Å². The van der Waals surface area contributed by atoms with Crippen molar-refractivity contribution in [2.75, 3.05) is 7.11 Å². The third-order valence-corrected chi connectivity index (χ3v) is 5.07. The lowest BCUT2D eigenvalue weighted by Gasteiger charge is -2.34. The number of hydrogen-bond acceptors (Lipinski definition) is 5. The van der Waals surface area contributed by atoms with Crippen molar-refractivity contribution in [3.63, 3.8) is 0 Å². The van der Waals surface area contributed by atoms with E-state index >= 15 is 0 Å². The highest BCUT2D eigenvalue weighted by Gasteiger charge is 2.33. The van der Waals surface area contributed by atoms with Crippen molar-refractivity contribution >= 4 is 17.2 Å². The molecule has 6 heteroatoms. The number of hydrogen-bond donors (Lipinski definition) is 2. The first kappa shape index (κ1) is 16.1. The highest BCUT2D eigenvalue weighted by atomic mass is 32.1. The summed E-state index contributed by atoms with van der Waals surface area (Å²) < 4.78 is 5.27. The highest BCUT2D eigenvalue weighted by Crippen LogP contribution is 2.24. The summed E-state index contributed by atoms with van der Waals surface area (Å²) in [7, 11) is 1.59. The fourth-order valence-corrected chi connectivity index (χ4v) is 3.69. The molecule has 3 atom stereocenters. The SMILES string of the molecule is CO[C@@H]1CCC[C@@H](NC(=O)c2csc(-c3ccccc3)n2)[C@H]1O. The van der Waals surface area contributed by atoms with E-state index in [0.29, 0.717) is 5.69 Å². The average molecular weight is 332 g/mol. The zero-order chi connectivity index (χ0) is 16.2. The monoisotopic (exact) mass is 332 g/mol. The summed E-state index contributed by atoms with van der Waals surface area (Å²) in [6.45, 7) is 0. The average Bonchev–Trinajstić information content (AvgIpc) is 3.08. The summed E-state index contributed by atoms with van der Waals surface area (Å²) in [5.41, 5.74) is 1.38. The molecule has 0 saturated heterocycles. The summed E-state index contributed by atoms with van der Waals surface area (Å²) in [6.07, 6.45) is 1.60. The van der Waals surface area contributed by atoms with Crippen molar-refractivity contribution < 1.29 is 14.6 Å². The van der Waals surface area contributed by atoms with Gasteiger partial charge < -0.3 is 15.2 Å². The van der Waals surface area contributed by atoms with Crippen molar-refractivity contribution in [3.8, 4) is 10.6 Å². The largest absolute Gasteiger partial charge is 0.388 e. The standard InChI is InChI=1S/C17H20N2O3S/c1-22-14-9-5-8-12(15(14)20)18-16(21)13-10-23-17(19-13)11-6-3-2-4-7-11/h2-4,6-7,10,12,14-15,20H,5,8-9H2,1H3,(H,18,21)/t12-,14-,15-/m1/s1. The number of ether oxygens (including phenoxy) is 1. The van der Waals surface area contributed by atoms with Gasteiger partial charge in [0.15, 0.2) is 0 Å². The van der Waals surface area contributed by atoms with Gasteiger partial charge in [0.2, 0.25) is 0 Å². The molecule has 0 aliphatic heterocycles. The van der Waals surface area contributed by atoms with Crippen molar-refractivity contribution in [1.29, 1.82) is 0 Å². The van der Waals surface area contributed by atoms with Crippen LogP contribution in [0.4, 0.5) is 0 Å². The van der Waals surface area contributed by atoms with Gasteiger partial charge in [0.25, 0.3) is 5.91 Å². The molecule has 1 aliphatic carbocycles. The number of nitrogens with one attached hydrogen (secondary N) is 1. The van der Waals surface area contributed by atoms with Crippen molar-refractivity contribution in [3.05, 3.63) is 41.4 Å². The number of amides is 1. The number of methoxy groups -OCH3 is 1. The maximum absolute atomic E-state index is 12.4. The zero-order valence-electron chi connectivity index (χ0n) is 12.9. The molecule has 1 aromatic carbocycles. The smallest absolute Gasteiger partial charge is 0.271 e. The Labute approximate surface area is 139 Å². The van der Waals surface area contributed by atoms with Crippen LogP contribution in [-0.2, 0) is 4.74 Å². The molecule has 1 aliphatic rings. The number of rotatable bonds is 4. The molecule has 2 aromatic rings. The first-order valence-corrected chi connectivity index (χ1v) is 8.59. The van der Waals surface area contributed by atoms with Crippen LogP contribution in [0, 0.1) is 0 Å². The first-order chi connectivity index (χ1) is 11.2. The lowest BCUT2D eigenvalue weighted by Crippen LogP contribution is -2.51. The molecule has 1 fully saturated rings. The zero-order valence-corrected chi connectivity index (χ0v) is 13.8. The maximum Gasteiger partial charge on any atom is 0.271 e. The second-order valence-corrected chi connectivity index (χ2v) is 6.54. The van der Waals surface area contributed by atoms with E-state index in [1.54, 1.807) is 12.5 Å². The Morgan fingerprint density at radius 2 is 2.13 bits per heavy atom. The van der Waals surface area contributed by atoms with Crippen molar-refractivity contribution in [1.82, 2.24) is 10.3 Å². The second-order valence-electron chi connectivity index (χ2n) is 5.68. The van der Waals surface area contributed by atoms with Gasteiger partial charge in [0, 0.05) is 18.1 Å². The van der Waals surface area contributed by atoms with Gasteiger partial charge in [-0.15, -0.1) is 11.3 Å². The molecule has 1 aromatic heterocycles. The van der Waals surface area contributed by atoms with Gasteiger partial charge in [0.05, 0.1) is 12.1 Å². The Bertz CT molecular complexity index is 659. The van der Waals surface area contributed by atoms with E-state index in [-0.39, 0.29) is 18.1 Å². The minimum Gasteiger partial charge on any atom is -0.388 e. The predicted molar refractivity (Wildman–Crippen MR) is 89.5 cm³/mol. The molecule has 1 saturated carbocycles. The molecule has 1 amide bonds. The van der Waals surface area contributed by atoms with E-state index in [9.17, 15) is 9.90 Å².